The molecule has 0 aliphatic heterocycles. The summed E-state index contributed by atoms with van der Waals surface area (Å²) in [5.74, 6) is 0.629. The molecule has 0 spiro atoms. The molecule has 1 heterocycles. The summed E-state index contributed by atoms with van der Waals surface area (Å²) in [6, 6.07) is 3.72. The molecule has 1 rings (SSSR count). The minimum atomic E-state index is -0.0890. The van der Waals surface area contributed by atoms with Gasteiger partial charge in [-0.25, -0.2) is 0 Å². The summed E-state index contributed by atoms with van der Waals surface area (Å²) < 4.78 is 0.490. The van der Waals surface area contributed by atoms with Gasteiger partial charge in [-0.15, -0.1) is 0 Å². The first-order valence-electron chi connectivity index (χ1n) is 6.49. The Bertz CT molecular complexity index is 439. The van der Waals surface area contributed by atoms with Gasteiger partial charge in [-0.2, -0.15) is 0 Å². The molecule has 1 amide bonds. The lowest BCUT2D eigenvalue weighted by atomic mass is 10.0. The van der Waals surface area contributed by atoms with Crippen LogP contribution in [0.5, 0.6) is 0 Å². The predicted molar refractivity (Wildman–Crippen MR) is 77.2 cm³/mol. The number of hydrogen-bond acceptors (Lipinski definition) is 2. The zero-order valence-electron chi connectivity index (χ0n) is 11.3. The molecule has 0 aromatic carbocycles. The van der Waals surface area contributed by atoms with Crippen molar-refractivity contribution in [1.82, 2.24) is 10.3 Å². The molecule has 3 nitrogen and oxygen atoms in total. The molecule has 0 aliphatic carbocycles. The fourth-order valence-corrected chi connectivity index (χ4v) is 2.04. The highest BCUT2D eigenvalue weighted by Gasteiger charge is 2.10. The van der Waals surface area contributed by atoms with Crippen LogP contribution in [0.1, 0.15) is 50.4 Å². The van der Waals surface area contributed by atoms with Crippen LogP contribution in [0, 0.1) is 10.6 Å². The van der Waals surface area contributed by atoms with E-state index in [1.54, 1.807) is 18.3 Å². The highest BCUT2D eigenvalue weighted by molar-refractivity contribution is 7.71. The van der Waals surface area contributed by atoms with Crippen LogP contribution in [0.3, 0.4) is 0 Å². The smallest absolute Gasteiger partial charge is 0.254 e. The second-order valence-corrected chi connectivity index (χ2v) is 5.52. The van der Waals surface area contributed by atoms with E-state index in [-0.39, 0.29) is 11.9 Å². The molecule has 0 fully saturated rings. The third-order valence-electron chi connectivity index (χ3n) is 2.86. The Morgan fingerprint density at radius 1 is 1.39 bits per heavy atom. The average molecular weight is 266 g/mol. The maximum atomic E-state index is 12.0. The van der Waals surface area contributed by atoms with Crippen molar-refractivity contribution in [2.24, 2.45) is 5.92 Å². The fraction of sp³-hybridized carbons (Fsp3) is 0.571. The number of rotatable bonds is 6. The summed E-state index contributed by atoms with van der Waals surface area (Å²) in [5.41, 5.74) is 0.545. The molecule has 0 saturated carbocycles. The van der Waals surface area contributed by atoms with Gasteiger partial charge in [-0.05, 0) is 31.4 Å². The van der Waals surface area contributed by atoms with E-state index in [0.29, 0.717) is 10.2 Å². The maximum Gasteiger partial charge on any atom is 0.254 e. The Hall–Kier alpha value is -1.16. The van der Waals surface area contributed by atoms with Crippen LogP contribution in [0.25, 0.3) is 0 Å². The summed E-state index contributed by atoms with van der Waals surface area (Å²) in [4.78, 5) is 14.8. The van der Waals surface area contributed by atoms with Crippen molar-refractivity contribution in [1.29, 1.82) is 0 Å². The monoisotopic (exact) mass is 266 g/mol. The number of aromatic amines is 1. The zero-order valence-corrected chi connectivity index (χ0v) is 12.1. The van der Waals surface area contributed by atoms with E-state index in [0.717, 1.165) is 18.8 Å². The van der Waals surface area contributed by atoms with Crippen molar-refractivity contribution in [3.05, 3.63) is 28.5 Å². The van der Waals surface area contributed by atoms with Crippen molar-refractivity contribution >= 4 is 18.1 Å². The molecule has 18 heavy (non-hydrogen) atoms. The quantitative estimate of drug-likeness (QED) is 0.771. The lowest BCUT2D eigenvalue weighted by Crippen LogP contribution is -2.32. The predicted octanol–water partition coefficient (Wildman–Crippen LogP) is 3.69. The van der Waals surface area contributed by atoms with Crippen LogP contribution in [0.2, 0.25) is 0 Å². The van der Waals surface area contributed by atoms with E-state index < -0.39 is 0 Å². The SMILES string of the molecule is CC(C)CCC[C@H](C)NC(=O)c1ccc[nH]c1=S. The van der Waals surface area contributed by atoms with Crippen molar-refractivity contribution in [3.8, 4) is 0 Å². The van der Waals surface area contributed by atoms with Crippen molar-refractivity contribution in [2.75, 3.05) is 0 Å². The van der Waals surface area contributed by atoms with Gasteiger partial charge in [0, 0.05) is 12.2 Å². The Morgan fingerprint density at radius 3 is 2.72 bits per heavy atom. The molecule has 1 atom stereocenters. The van der Waals surface area contributed by atoms with Gasteiger partial charge in [0.15, 0.2) is 0 Å². The molecule has 2 N–H and O–H groups in total. The number of amides is 1. The highest BCUT2D eigenvalue weighted by Crippen LogP contribution is 2.09. The van der Waals surface area contributed by atoms with Gasteiger partial charge < -0.3 is 10.3 Å². The van der Waals surface area contributed by atoms with Crippen molar-refractivity contribution in [2.45, 2.75) is 46.1 Å². The summed E-state index contributed by atoms with van der Waals surface area (Å²) >= 11 is 5.09. The van der Waals surface area contributed by atoms with E-state index in [1.807, 2.05) is 6.92 Å². The number of carbonyl (C=O) groups excluding carboxylic acids is 1. The van der Waals surface area contributed by atoms with Crippen LogP contribution in [0.15, 0.2) is 18.3 Å². The largest absolute Gasteiger partial charge is 0.352 e. The van der Waals surface area contributed by atoms with E-state index in [1.165, 1.54) is 6.42 Å². The number of nitrogens with one attached hydrogen (secondary N) is 2. The molecular weight excluding hydrogens is 244 g/mol. The first-order valence-corrected chi connectivity index (χ1v) is 6.90. The number of pyridine rings is 1. The van der Waals surface area contributed by atoms with Gasteiger partial charge in [0.2, 0.25) is 0 Å². The Kier molecular flexibility index (Phi) is 6.05. The van der Waals surface area contributed by atoms with Gasteiger partial charge >= 0.3 is 0 Å². The minimum absolute atomic E-state index is 0.0890. The lowest BCUT2D eigenvalue weighted by molar-refractivity contribution is 0.0937. The van der Waals surface area contributed by atoms with Crippen LogP contribution >= 0.6 is 12.2 Å². The van der Waals surface area contributed by atoms with Gasteiger partial charge in [0.1, 0.15) is 4.64 Å². The van der Waals surface area contributed by atoms with Crippen molar-refractivity contribution in [3.63, 3.8) is 0 Å². The molecule has 0 bridgehead atoms. The first kappa shape index (κ1) is 14.9. The maximum absolute atomic E-state index is 12.0. The zero-order chi connectivity index (χ0) is 13.5. The second kappa shape index (κ2) is 7.31. The fourth-order valence-electron chi connectivity index (χ4n) is 1.81. The standard InChI is InChI=1S/C14H22N2OS/c1-10(2)6-4-7-11(3)16-13(17)12-8-5-9-15-14(12)18/h5,8-11H,4,6-7H2,1-3H3,(H,15,18)(H,16,17)/t11-/m0/s1. The number of carbonyl (C=O) groups is 1. The molecule has 0 radical (unpaired) electrons. The molecule has 1 aromatic rings. The van der Waals surface area contributed by atoms with Gasteiger partial charge in [0.25, 0.3) is 5.91 Å². The normalized spacial score (nSPS) is 12.4. The molecule has 1 aromatic heterocycles. The third kappa shape index (κ3) is 5.00. The van der Waals surface area contributed by atoms with Gasteiger partial charge in [0.05, 0.1) is 5.56 Å². The Balaban J connectivity index is 2.45. The summed E-state index contributed by atoms with van der Waals surface area (Å²) in [6.45, 7) is 6.47. The molecule has 4 heteroatoms. The Morgan fingerprint density at radius 2 is 2.11 bits per heavy atom. The van der Waals surface area contributed by atoms with Crippen molar-refractivity contribution < 1.29 is 4.79 Å². The summed E-state index contributed by atoms with van der Waals surface area (Å²) in [5, 5.41) is 2.99. The summed E-state index contributed by atoms with van der Waals surface area (Å²) in [7, 11) is 0. The molecule has 0 aliphatic rings. The van der Waals surface area contributed by atoms with Crippen LogP contribution < -0.4 is 5.32 Å². The molecule has 0 unspecified atom stereocenters. The van der Waals surface area contributed by atoms with Crippen LogP contribution in [0.4, 0.5) is 0 Å². The van der Waals surface area contributed by atoms with E-state index in [4.69, 9.17) is 12.2 Å². The van der Waals surface area contributed by atoms with Crippen LogP contribution in [-0.4, -0.2) is 16.9 Å². The third-order valence-corrected chi connectivity index (χ3v) is 3.20. The Labute approximate surface area is 114 Å². The van der Waals surface area contributed by atoms with E-state index in [2.05, 4.69) is 24.1 Å². The topological polar surface area (TPSA) is 44.9 Å². The highest BCUT2D eigenvalue weighted by atomic mass is 32.1. The van der Waals surface area contributed by atoms with E-state index >= 15 is 0 Å². The molecular formula is C14H22N2OS. The lowest BCUT2D eigenvalue weighted by Gasteiger charge is -2.14. The second-order valence-electron chi connectivity index (χ2n) is 5.11. The summed E-state index contributed by atoms with van der Waals surface area (Å²) in [6.07, 6.45) is 5.07. The number of aromatic nitrogens is 1. The average Bonchev–Trinajstić information content (AvgIpc) is 2.28. The number of hydrogen-bond donors (Lipinski definition) is 2. The van der Waals surface area contributed by atoms with Crippen LogP contribution in [-0.2, 0) is 0 Å². The molecule has 100 valence electrons. The van der Waals surface area contributed by atoms with Gasteiger partial charge in [-0.3, -0.25) is 4.79 Å². The van der Waals surface area contributed by atoms with Gasteiger partial charge in [-0.1, -0.05) is 38.9 Å². The minimum Gasteiger partial charge on any atom is -0.352 e. The number of H-pyrrole nitrogens is 1. The van der Waals surface area contributed by atoms with E-state index in [9.17, 15) is 4.79 Å². The first-order chi connectivity index (χ1) is 8.50. The molecule has 0 saturated heterocycles.